The van der Waals surface area contributed by atoms with Crippen LogP contribution in [-0.2, 0) is 19.0 Å². The fraction of sp³-hybridized carbons (Fsp3) is 0.929. The molecule has 8 N–H and O–H groups in total. The van der Waals surface area contributed by atoms with Crippen LogP contribution in [0.2, 0.25) is 0 Å². The van der Waals surface area contributed by atoms with Gasteiger partial charge < -0.3 is 55.3 Å². The molecule has 0 aromatic carbocycles. The van der Waals surface area contributed by atoms with Crippen LogP contribution in [0, 0.1) is 0 Å². The maximum atomic E-state index is 11.2. The van der Waals surface area contributed by atoms with E-state index in [-0.39, 0.29) is 0 Å². The van der Waals surface area contributed by atoms with Crippen molar-refractivity contribution >= 4 is 5.91 Å². The minimum atomic E-state index is -1.73. The van der Waals surface area contributed by atoms with Crippen molar-refractivity contribution in [1.82, 2.24) is 5.32 Å². The van der Waals surface area contributed by atoms with Gasteiger partial charge in [0.2, 0.25) is 5.91 Å². The van der Waals surface area contributed by atoms with Crippen LogP contribution in [0.25, 0.3) is 0 Å². The van der Waals surface area contributed by atoms with Gasteiger partial charge in [-0.05, 0) is 0 Å². The summed E-state index contributed by atoms with van der Waals surface area (Å²) in [6, 6.07) is -1.29. The van der Waals surface area contributed by atoms with E-state index < -0.39 is 80.5 Å². The first-order chi connectivity index (χ1) is 12.2. The molecular formula is C14H25NO11. The standard InChI is InChI=1S/C14H25NO11/c1-4(18)15-7-9(20)12(6(3-17)24-13(7)23)26-14-11(22)10(21)8(19)5(2-16)25-14/h5-14,16-17,19-23H,2-3H2,1H3,(H,15,18)/t5-,6+,7+,8-,9-,10+,11+,12+,13+,14-/m0/s1. The van der Waals surface area contributed by atoms with Crippen molar-refractivity contribution in [3.63, 3.8) is 0 Å². The lowest BCUT2D eigenvalue weighted by Gasteiger charge is -2.46. The maximum absolute atomic E-state index is 11.2. The van der Waals surface area contributed by atoms with Gasteiger partial charge in [-0.3, -0.25) is 4.79 Å². The molecule has 0 unspecified atom stereocenters. The average Bonchev–Trinajstić information content (AvgIpc) is 2.60. The van der Waals surface area contributed by atoms with Crippen LogP contribution in [0.5, 0.6) is 0 Å². The molecule has 12 nitrogen and oxygen atoms in total. The van der Waals surface area contributed by atoms with Crippen LogP contribution in [0.15, 0.2) is 0 Å². The number of hydrogen-bond acceptors (Lipinski definition) is 11. The smallest absolute Gasteiger partial charge is 0.217 e. The lowest BCUT2D eigenvalue weighted by Crippen LogP contribution is -2.67. The summed E-state index contributed by atoms with van der Waals surface area (Å²) in [5.41, 5.74) is 0. The Bertz CT molecular complexity index is 478. The van der Waals surface area contributed by atoms with Crippen LogP contribution in [0.4, 0.5) is 0 Å². The highest BCUT2D eigenvalue weighted by molar-refractivity contribution is 5.73. The molecule has 2 aliphatic heterocycles. The third-order valence-corrected chi connectivity index (χ3v) is 4.38. The van der Waals surface area contributed by atoms with Crippen LogP contribution in [0.1, 0.15) is 6.92 Å². The van der Waals surface area contributed by atoms with Gasteiger partial charge in [-0.15, -0.1) is 0 Å². The molecule has 2 aliphatic rings. The molecule has 1 amide bonds. The van der Waals surface area contributed by atoms with Crippen molar-refractivity contribution in [2.75, 3.05) is 13.2 Å². The van der Waals surface area contributed by atoms with Gasteiger partial charge >= 0.3 is 0 Å². The van der Waals surface area contributed by atoms with Crippen molar-refractivity contribution in [3.05, 3.63) is 0 Å². The van der Waals surface area contributed by atoms with Crippen molar-refractivity contribution in [3.8, 4) is 0 Å². The van der Waals surface area contributed by atoms with Gasteiger partial charge in [-0.2, -0.15) is 0 Å². The number of amides is 1. The Morgan fingerprint density at radius 2 is 1.54 bits per heavy atom. The normalized spacial score (nSPS) is 46.8. The van der Waals surface area contributed by atoms with E-state index >= 15 is 0 Å². The van der Waals surface area contributed by atoms with Crippen LogP contribution in [0.3, 0.4) is 0 Å². The molecule has 2 heterocycles. The van der Waals surface area contributed by atoms with E-state index in [2.05, 4.69) is 5.32 Å². The molecular weight excluding hydrogens is 358 g/mol. The SMILES string of the molecule is CC(=O)N[C@@H]1[C@H](O)[C@H](O[C@@H]2O[C@@H](CO)[C@H](O)[C@@H](O)[C@H]2O)[C@@H](CO)O[C@H]1O. The zero-order valence-electron chi connectivity index (χ0n) is 14.0. The quantitative estimate of drug-likeness (QED) is 0.226. The summed E-state index contributed by atoms with van der Waals surface area (Å²) in [5, 5.41) is 70.7. The Kier molecular flexibility index (Phi) is 7.27. The van der Waals surface area contributed by atoms with Gasteiger partial charge in [0.1, 0.15) is 48.8 Å². The van der Waals surface area contributed by atoms with Gasteiger partial charge in [0.25, 0.3) is 0 Å². The van der Waals surface area contributed by atoms with Crippen molar-refractivity contribution in [1.29, 1.82) is 0 Å². The summed E-state index contributed by atoms with van der Waals surface area (Å²) in [6.45, 7) is -0.195. The Morgan fingerprint density at radius 1 is 0.923 bits per heavy atom. The summed E-state index contributed by atoms with van der Waals surface area (Å²) >= 11 is 0. The van der Waals surface area contributed by atoms with Gasteiger partial charge in [0, 0.05) is 6.92 Å². The third kappa shape index (κ3) is 4.31. The number of ether oxygens (including phenoxy) is 3. The second-order valence-electron chi connectivity index (χ2n) is 6.26. The highest BCUT2D eigenvalue weighted by Crippen LogP contribution is 2.28. The Balaban J connectivity index is 2.16. The number of carbonyl (C=O) groups excluding carboxylic acids is 1. The van der Waals surface area contributed by atoms with Gasteiger partial charge in [0.15, 0.2) is 12.6 Å². The number of rotatable bonds is 5. The minimum absolute atomic E-state index is 0.564. The summed E-state index contributed by atoms with van der Waals surface area (Å²) in [7, 11) is 0. The van der Waals surface area contributed by atoms with E-state index in [1.807, 2.05) is 0 Å². The van der Waals surface area contributed by atoms with E-state index in [4.69, 9.17) is 14.2 Å². The molecule has 0 bridgehead atoms. The van der Waals surface area contributed by atoms with E-state index in [1.54, 1.807) is 0 Å². The number of aliphatic hydroxyl groups is 7. The topological polar surface area (TPSA) is 198 Å². The van der Waals surface area contributed by atoms with E-state index in [0.717, 1.165) is 6.92 Å². The van der Waals surface area contributed by atoms with E-state index in [1.165, 1.54) is 0 Å². The van der Waals surface area contributed by atoms with Gasteiger partial charge in [-0.1, -0.05) is 0 Å². The Morgan fingerprint density at radius 3 is 2.08 bits per heavy atom. The fourth-order valence-electron chi connectivity index (χ4n) is 2.98. The predicted molar refractivity (Wildman–Crippen MR) is 80.2 cm³/mol. The molecule has 0 aromatic rings. The lowest BCUT2D eigenvalue weighted by molar-refractivity contribution is -0.345. The molecule has 152 valence electrons. The Hall–Kier alpha value is -0.930. The second-order valence-corrected chi connectivity index (χ2v) is 6.26. The van der Waals surface area contributed by atoms with Crippen molar-refractivity contribution < 1.29 is 54.8 Å². The van der Waals surface area contributed by atoms with Crippen LogP contribution in [-0.4, -0.2) is 116 Å². The first kappa shape index (κ1) is 21.4. The molecule has 26 heavy (non-hydrogen) atoms. The van der Waals surface area contributed by atoms with Crippen molar-refractivity contribution in [2.45, 2.75) is 68.3 Å². The summed E-state index contributed by atoms with van der Waals surface area (Å²) < 4.78 is 15.7. The zero-order chi connectivity index (χ0) is 19.6. The third-order valence-electron chi connectivity index (χ3n) is 4.38. The van der Waals surface area contributed by atoms with Crippen LogP contribution >= 0.6 is 0 Å². The lowest BCUT2D eigenvalue weighted by atomic mass is 9.95. The fourth-order valence-corrected chi connectivity index (χ4v) is 2.98. The predicted octanol–water partition coefficient (Wildman–Crippen LogP) is -5.25. The molecule has 0 aliphatic carbocycles. The summed E-state index contributed by atoms with van der Waals surface area (Å²) in [5.74, 6) is -0.564. The molecule has 12 heteroatoms. The molecule has 0 aromatic heterocycles. The van der Waals surface area contributed by atoms with Crippen LogP contribution < -0.4 is 5.32 Å². The monoisotopic (exact) mass is 383 g/mol. The molecule has 2 fully saturated rings. The first-order valence-corrected chi connectivity index (χ1v) is 8.06. The molecule has 2 saturated heterocycles. The Labute approximate surface area is 148 Å². The molecule has 0 saturated carbocycles. The highest BCUT2D eigenvalue weighted by atomic mass is 16.7. The number of carbonyl (C=O) groups is 1. The number of nitrogens with one attached hydrogen (secondary N) is 1. The maximum Gasteiger partial charge on any atom is 0.217 e. The minimum Gasteiger partial charge on any atom is -0.394 e. The number of hydrogen-bond donors (Lipinski definition) is 8. The second kappa shape index (κ2) is 8.84. The molecule has 2 rings (SSSR count). The highest BCUT2D eigenvalue weighted by Gasteiger charge is 2.50. The molecule has 10 atom stereocenters. The number of aliphatic hydroxyl groups excluding tert-OH is 7. The van der Waals surface area contributed by atoms with E-state index in [9.17, 15) is 40.5 Å². The summed E-state index contributed by atoms with van der Waals surface area (Å²) in [6.07, 6.45) is -13.6. The largest absolute Gasteiger partial charge is 0.394 e. The van der Waals surface area contributed by atoms with Crippen molar-refractivity contribution in [2.24, 2.45) is 0 Å². The van der Waals surface area contributed by atoms with E-state index in [0.29, 0.717) is 0 Å². The molecule has 0 spiro atoms. The zero-order valence-corrected chi connectivity index (χ0v) is 14.0. The molecule has 0 radical (unpaired) electrons. The average molecular weight is 383 g/mol. The summed E-state index contributed by atoms with van der Waals surface area (Å²) in [4.78, 5) is 11.2. The first-order valence-electron chi connectivity index (χ1n) is 8.06. The van der Waals surface area contributed by atoms with Gasteiger partial charge in [0.05, 0.1) is 13.2 Å². The van der Waals surface area contributed by atoms with Gasteiger partial charge in [-0.25, -0.2) is 0 Å².